The zero-order chi connectivity index (χ0) is 18.4. The number of ether oxygens (including phenoxy) is 1. The molecule has 1 aromatic carbocycles. The van der Waals surface area contributed by atoms with Crippen LogP contribution in [0, 0.1) is 5.82 Å². The maximum atomic E-state index is 13.7. The van der Waals surface area contributed by atoms with Crippen LogP contribution in [0.25, 0.3) is 0 Å². The van der Waals surface area contributed by atoms with Gasteiger partial charge in [0.1, 0.15) is 19.0 Å². The first kappa shape index (κ1) is 19.2. The van der Waals surface area contributed by atoms with Crippen molar-refractivity contribution >= 4 is 11.8 Å². The van der Waals surface area contributed by atoms with Crippen molar-refractivity contribution in [3.05, 3.63) is 35.6 Å². The number of carbonyl (C=O) groups is 2. The van der Waals surface area contributed by atoms with E-state index in [9.17, 15) is 27.2 Å². The van der Waals surface area contributed by atoms with Crippen LogP contribution in [-0.4, -0.2) is 67.2 Å². The fraction of sp³-hybridized carbons (Fsp3) is 0.500. The average Bonchev–Trinajstić information content (AvgIpc) is 2.79. The summed E-state index contributed by atoms with van der Waals surface area (Å²) in [6.07, 6.45) is -4.03. The van der Waals surface area contributed by atoms with Crippen molar-refractivity contribution in [1.29, 1.82) is 0 Å². The van der Waals surface area contributed by atoms with Gasteiger partial charge in [-0.2, -0.15) is 13.2 Å². The summed E-state index contributed by atoms with van der Waals surface area (Å²) < 4.78 is 54.2. The molecular formula is C16H18F4N2O3. The lowest BCUT2D eigenvalue weighted by molar-refractivity contribution is -0.177. The molecule has 0 radical (unpaired) electrons. The largest absolute Gasteiger partial charge is 0.411 e. The van der Waals surface area contributed by atoms with E-state index in [0.29, 0.717) is 19.5 Å². The normalized spacial score (nSPS) is 15.8. The molecule has 0 N–H and O–H groups in total. The van der Waals surface area contributed by atoms with Gasteiger partial charge in [0.15, 0.2) is 0 Å². The minimum absolute atomic E-state index is 0.0456. The van der Waals surface area contributed by atoms with Crippen LogP contribution in [0.3, 0.4) is 0 Å². The van der Waals surface area contributed by atoms with Crippen LogP contribution < -0.4 is 0 Å². The van der Waals surface area contributed by atoms with Gasteiger partial charge in [0.25, 0.3) is 5.91 Å². The summed E-state index contributed by atoms with van der Waals surface area (Å²) in [6.45, 7) is -1.17. The lowest BCUT2D eigenvalue weighted by atomic mass is 10.2. The molecule has 9 heteroatoms. The summed E-state index contributed by atoms with van der Waals surface area (Å²) in [6, 6.07) is 5.62. The molecule has 2 rings (SSSR count). The number of amides is 2. The van der Waals surface area contributed by atoms with Crippen LogP contribution in [0.2, 0.25) is 0 Å². The van der Waals surface area contributed by atoms with Crippen molar-refractivity contribution in [2.24, 2.45) is 0 Å². The second kappa shape index (κ2) is 8.28. The molecule has 0 bridgehead atoms. The Bertz CT molecular complexity index is 622. The molecule has 1 aliphatic rings. The Morgan fingerprint density at radius 2 is 1.68 bits per heavy atom. The van der Waals surface area contributed by atoms with Gasteiger partial charge in [-0.15, -0.1) is 0 Å². The van der Waals surface area contributed by atoms with E-state index in [1.54, 1.807) is 6.07 Å². The first-order chi connectivity index (χ1) is 11.8. The summed E-state index contributed by atoms with van der Waals surface area (Å²) in [4.78, 5) is 27.1. The molecule has 0 aliphatic carbocycles. The van der Waals surface area contributed by atoms with E-state index in [4.69, 9.17) is 0 Å². The smallest absolute Gasteiger partial charge is 0.362 e. The minimum Gasteiger partial charge on any atom is -0.362 e. The van der Waals surface area contributed by atoms with Crippen molar-refractivity contribution < 1.29 is 31.9 Å². The Kier molecular flexibility index (Phi) is 6.35. The molecule has 1 heterocycles. The summed E-state index contributed by atoms with van der Waals surface area (Å²) in [5.74, 6) is -1.66. The van der Waals surface area contributed by atoms with Crippen molar-refractivity contribution in [2.45, 2.75) is 12.6 Å². The van der Waals surface area contributed by atoms with E-state index in [1.807, 2.05) is 0 Å². The lowest BCUT2D eigenvalue weighted by Gasteiger charge is -2.22. The highest BCUT2D eigenvalue weighted by Crippen LogP contribution is 2.15. The Morgan fingerprint density at radius 3 is 2.36 bits per heavy atom. The number of halogens is 4. The van der Waals surface area contributed by atoms with Crippen molar-refractivity contribution in [3.63, 3.8) is 0 Å². The molecule has 0 saturated carbocycles. The second-order valence-corrected chi connectivity index (χ2v) is 5.61. The zero-order valence-electron chi connectivity index (χ0n) is 13.4. The molecule has 1 aliphatic heterocycles. The highest BCUT2D eigenvalue weighted by Gasteiger charge is 2.29. The highest BCUT2D eigenvalue weighted by atomic mass is 19.4. The molecule has 5 nitrogen and oxygen atoms in total. The molecule has 1 aromatic rings. The fourth-order valence-electron chi connectivity index (χ4n) is 2.52. The van der Waals surface area contributed by atoms with Crippen LogP contribution in [-0.2, 0) is 9.53 Å². The zero-order valence-corrected chi connectivity index (χ0v) is 13.4. The minimum atomic E-state index is -4.48. The number of benzene rings is 1. The van der Waals surface area contributed by atoms with Gasteiger partial charge < -0.3 is 14.5 Å². The van der Waals surface area contributed by atoms with Gasteiger partial charge in [-0.3, -0.25) is 9.59 Å². The summed E-state index contributed by atoms with van der Waals surface area (Å²) >= 11 is 0. The van der Waals surface area contributed by atoms with Gasteiger partial charge in [0.2, 0.25) is 5.91 Å². The van der Waals surface area contributed by atoms with Crippen molar-refractivity contribution in [1.82, 2.24) is 9.80 Å². The maximum absolute atomic E-state index is 13.7. The van der Waals surface area contributed by atoms with Crippen LogP contribution >= 0.6 is 0 Å². The highest BCUT2D eigenvalue weighted by molar-refractivity contribution is 5.94. The summed E-state index contributed by atoms with van der Waals surface area (Å²) in [5, 5.41) is 0. The van der Waals surface area contributed by atoms with E-state index in [1.165, 1.54) is 28.0 Å². The Balaban J connectivity index is 1.88. The molecule has 25 heavy (non-hydrogen) atoms. The maximum Gasteiger partial charge on any atom is 0.411 e. The molecule has 1 saturated heterocycles. The van der Waals surface area contributed by atoms with Gasteiger partial charge >= 0.3 is 6.18 Å². The van der Waals surface area contributed by atoms with Gasteiger partial charge in [-0.1, -0.05) is 12.1 Å². The first-order valence-electron chi connectivity index (χ1n) is 7.74. The Hall–Kier alpha value is -2.16. The number of rotatable bonds is 4. The average molecular weight is 362 g/mol. The quantitative estimate of drug-likeness (QED) is 0.771. The number of nitrogens with zero attached hydrogens (tertiary/aromatic N) is 2. The SMILES string of the molecule is O=C(COCC(F)(F)F)N1CCCN(C(=O)c2ccccc2F)CC1. The summed E-state index contributed by atoms with van der Waals surface area (Å²) in [5.41, 5.74) is -0.0456. The Labute approximate surface area is 142 Å². The number of alkyl halides is 3. The van der Waals surface area contributed by atoms with Gasteiger partial charge in [0.05, 0.1) is 5.56 Å². The molecule has 0 unspecified atom stereocenters. The standard InChI is InChI=1S/C16H18F4N2O3/c17-13-5-2-1-4-12(13)15(24)22-7-3-6-21(8-9-22)14(23)10-25-11-16(18,19)20/h1-2,4-5H,3,6-11H2. The van der Waals surface area contributed by atoms with E-state index in [2.05, 4.69) is 4.74 Å². The topological polar surface area (TPSA) is 49.9 Å². The van der Waals surface area contributed by atoms with Gasteiger partial charge in [-0.05, 0) is 18.6 Å². The van der Waals surface area contributed by atoms with Crippen LogP contribution in [0.4, 0.5) is 17.6 Å². The van der Waals surface area contributed by atoms with Crippen molar-refractivity contribution in [2.75, 3.05) is 39.4 Å². The predicted molar refractivity (Wildman–Crippen MR) is 80.4 cm³/mol. The molecule has 0 atom stereocenters. The van der Waals surface area contributed by atoms with Gasteiger partial charge in [-0.25, -0.2) is 4.39 Å². The molecule has 0 aromatic heterocycles. The lowest BCUT2D eigenvalue weighted by Crippen LogP contribution is -2.39. The van der Waals surface area contributed by atoms with E-state index < -0.39 is 37.0 Å². The fourth-order valence-corrected chi connectivity index (χ4v) is 2.52. The third kappa shape index (κ3) is 5.70. The molecule has 1 fully saturated rings. The second-order valence-electron chi connectivity index (χ2n) is 5.61. The van der Waals surface area contributed by atoms with Crippen LogP contribution in [0.15, 0.2) is 24.3 Å². The van der Waals surface area contributed by atoms with Crippen molar-refractivity contribution in [3.8, 4) is 0 Å². The molecule has 138 valence electrons. The number of carbonyl (C=O) groups excluding carboxylic acids is 2. The molecular weight excluding hydrogens is 344 g/mol. The predicted octanol–water partition coefficient (Wildman–Crippen LogP) is 2.08. The first-order valence-corrected chi connectivity index (χ1v) is 7.74. The molecule has 0 spiro atoms. The number of hydrogen-bond acceptors (Lipinski definition) is 3. The number of hydrogen-bond donors (Lipinski definition) is 0. The monoisotopic (exact) mass is 362 g/mol. The van der Waals surface area contributed by atoms with E-state index in [0.717, 1.165) is 0 Å². The molecule has 2 amide bonds. The van der Waals surface area contributed by atoms with E-state index in [-0.39, 0.29) is 18.7 Å². The third-order valence-corrected chi connectivity index (χ3v) is 3.73. The third-order valence-electron chi connectivity index (χ3n) is 3.73. The summed E-state index contributed by atoms with van der Waals surface area (Å²) in [7, 11) is 0. The Morgan fingerprint density at radius 1 is 1.04 bits per heavy atom. The van der Waals surface area contributed by atoms with Crippen LogP contribution in [0.1, 0.15) is 16.8 Å². The van der Waals surface area contributed by atoms with E-state index >= 15 is 0 Å². The van der Waals surface area contributed by atoms with Gasteiger partial charge in [0, 0.05) is 26.2 Å². The van der Waals surface area contributed by atoms with Crippen LogP contribution in [0.5, 0.6) is 0 Å².